The van der Waals surface area contributed by atoms with Gasteiger partial charge in [0.15, 0.2) is 0 Å². The first-order chi connectivity index (χ1) is 8.83. The van der Waals surface area contributed by atoms with E-state index in [2.05, 4.69) is 15.5 Å². The summed E-state index contributed by atoms with van der Waals surface area (Å²) in [6, 6.07) is 0.917. The number of nitrogens with zero attached hydrogens (tertiary/aromatic N) is 1. The summed E-state index contributed by atoms with van der Waals surface area (Å²) in [6.45, 7) is 4.39. The third-order valence-electron chi connectivity index (χ3n) is 4.40. The third kappa shape index (κ3) is 2.68. The first-order valence-corrected chi connectivity index (χ1v) is 7.18. The molecule has 0 radical (unpaired) electrons. The van der Waals surface area contributed by atoms with Crippen LogP contribution in [0.2, 0.25) is 0 Å². The number of nitrogens with one attached hydrogen (secondary N) is 2. The van der Waals surface area contributed by atoms with Crippen LogP contribution < -0.4 is 10.6 Å². The van der Waals surface area contributed by atoms with Crippen molar-refractivity contribution in [1.82, 2.24) is 15.5 Å². The van der Waals surface area contributed by atoms with Gasteiger partial charge in [0.1, 0.15) is 6.04 Å². The molecule has 0 saturated carbocycles. The Hall–Kier alpha value is -0.650. The monoisotopic (exact) mass is 253 g/mol. The summed E-state index contributed by atoms with van der Waals surface area (Å²) in [5.74, 6) is 0.117. The van der Waals surface area contributed by atoms with Crippen LogP contribution in [0.15, 0.2) is 0 Å². The Labute approximate surface area is 108 Å². The van der Waals surface area contributed by atoms with Gasteiger partial charge in [-0.2, -0.15) is 0 Å². The number of rotatable bonds is 2. The minimum atomic E-state index is -0.152. The van der Waals surface area contributed by atoms with Crippen molar-refractivity contribution in [2.45, 2.75) is 43.8 Å². The van der Waals surface area contributed by atoms with Crippen molar-refractivity contribution in [2.75, 3.05) is 32.8 Å². The van der Waals surface area contributed by atoms with E-state index in [1.54, 1.807) is 0 Å². The summed E-state index contributed by atoms with van der Waals surface area (Å²) in [5.41, 5.74) is 0. The predicted molar refractivity (Wildman–Crippen MR) is 68.4 cm³/mol. The van der Waals surface area contributed by atoms with Crippen LogP contribution in [0.25, 0.3) is 0 Å². The number of hydrogen-bond acceptors (Lipinski definition) is 4. The Morgan fingerprint density at radius 3 is 3.11 bits per heavy atom. The Balaban J connectivity index is 1.48. The minimum Gasteiger partial charge on any atom is -0.378 e. The van der Waals surface area contributed by atoms with E-state index < -0.39 is 0 Å². The zero-order chi connectivity index (χ0) is 12.4. The lowest BCUT2D eigenvalue weighted by Crippen LogP contribution is -2.55. The standard InChI is InChI=1S/C13H23N3O2/c17-13(12-9-18-7-4-14-12)15-10-3-6-16-5-1-2-11(16)8-10/h10-12,14H,1-9H2,(H,15,17). The molecule has 3 fully saturated rings. The fourth-order valence-corrected chi connectivity index (χ4v) is 3.39. The van der Waals surface area contributed by atoms with Gasteiger partial charge in [-0.15, -0.1) is 0 Å². The van der Waals surface area contributed by atoms with Crippen LogP contribution in [0.5, 0.6) is 0 Å². The van der Waals surface area contributed by atoms with Crippen molar-refractivity contribution >= 4 is 5.91 Å². The van der Waals surface area contributed by atoms with Gasteiger partial charge in [-0.3, -0.25) is 4.79 Å². The maximum absolute atomic E-state index is 12.1. The Bertz CT molecular complexity index is 305. The van der Waals surface area contributed by atoms with Gasteiger partial charge >= 0.3 is 0 Å². The topological polar surface area (TPSA) is 53.6 Å². The maximum Gasteiger partial charge on any atom is 0.239 e. The third-order valence-corrected chi connectivity index (χ3v) is 4.40. The molecule has 3 rings (SSSR count). The highest BCUT2D eigenvalue weighted by Crippen LogP contribution is 2.26. The fraction of sp³-hybridized carbons (Fsp3) is 0.923. The second kappa shape index (κ2) is 5.55. The number of carbonyl (C=O) groups is 1. The normalized spacial score (nSPS) is 37.2. The Kier molecular flexibility index (Phi) is 3.82. The highest BCUT2D eigenvalue weighted by Gasteiger charge is 2.33. The van der Waals surface area contributed by atoms with Crippen LogP contribution in [0.1, 0.15) is 25.7 Å². The van der Waals surface area contributed by atoms with Gasteiger partial charge in [0.2, 0.25) is 5.91 Å². The SMILES string of the molecule is O=C(NC1CCN2CCCC2C1)C1COCCN1. The number of ether oxygens (including phenoxy) is 1. The average Bonchev–Trinajstić information content (AvgIpc) is 2.87. The van der Waals surface area contributed by atoms with Crippen molar-refractivity contribution < 1.29 is 9.53 Å². The first kappa shape index (κ1) is 12.4. The lowest BCUT2D eigenvalue weighted by Gasteiger charge is -2.36. The molecule has 0 aromatic rings. The van der Waals surface area contributed by atoms with Crippen LogP contribution >= 0.6 is 0 Å². The molecule has 18 heavy (non-hydrogen) atoms. The molecule has 3 aliphatic rings. The first-order valence-electron chi connectivity index (χ1n) is 7.18. The molecule has 1 amide bonds. The summed E-state index contributed by atoms with van der Waals surface area (Å²) in [6.07, 6.45) is 4.84. The quantitative estimate of drug-likeness (QED) is 0.710. The lowest BCUT2D eigenvalue weighted by molar-refractivity contribution is -0.127. The van der Waals surface area contributed by atoms with Crippen molar-refractivity contribution in [3.05, 3.63) is 0 Å². The molecule has 0 aliphatic carbocycles. The largest absolute Gasteiger partial charge is 0.378 e. The van der Waals surface area contributed by atoms with Crippen molar-refractivity contribution in [1.29, 1.82) is 0 Å². The number of carbonyl (C=O) groups excluding carboxylic acids is 1. The summed E-state index contributed by atoms with van der Waals surface area (Å²) < 4.78 is 5.33. The predicted octanol–water partition coefficient (Wildman–Crippen LogP) is -0.282. The zero-order valence-corrected chi connectivity index (χ0v) is 10.9. The van der Waals surface area contributed by atoms with Crippen LogP contribution in [0, 0.1) is 0 Å². The average molecular weight is 253 g/mol. The van der Waals surface area contributed by atoms with E-state index in [1.165, 1.54) is 19.4 Å². The van der Waals surface area contributed by atoms with Gasteiger partial charge in [-0.25, -0.2) is 0 Å². The van der Waals surface area contributed by atoms with Gasteiger partial charge in [-0.05, 0) is 32.2 Å². The van der Waals surface area contributed by atoms with Crippen molar-refractivity contribution in [3.8, 4) is 0 Å². The van der Waals surface area contributed by atoms with Gasteiger partial charge in [0.05, 0.1) is 13.2 Å². The molecular formula is C13H23N3O2. The molecule has 5 nitrogen and oxygen atoms in total. The van der Waals surface area contributed by atoms with E-state index >= 15 is 0 Å². The minimum absolute atomic E-state index is 0.117. The molecule has 0 aromatic heterocycles. The van der Waals surface area contributed by atoms with Crippen LogP contribution in [0.3, 0.4) is 0 Å². The summed E-state index contributed by atoms with van der Waals surface area (Å²) in [4.78, 5) is 14.7. The summed E-state index contributed by atoms with van der Waals surface area (Å²) in [7, 11) is 0. The molecule has 0 spiro atoms. The molecule has 2 N–H and O–H groups in total. The number of morpholine rings is 1. The van der Waals surface area contributed by atoms with Gasteiger partial charge in [-0.1, -0.05) is 0 Å². The molecular weight excluding hydrogens is 230 g/mol. The van der Waals surface area contributed by atoms with E-state index in [0.717, 1.165) is 25.9 Å². The summed E-state index contributed by atoms with van der Waals surface area (Å²) in [5, 5.41) is 6.40. The van der Waals surface area contributed by atoms with E-state index in [0.29, 0.717) is 25.3 Å². The van der Waals surface area contributed by atoms with Crippen LogP contribution in [-0.4, -0.2) is 61.8 Å². The van der Waals surface area contributed by atoms with Crippen molar-refractivity contribution in [3.63, 3.8) is 0 Å². The fourth-order valence-electron chi connectivity index (χ4n) is 3.39. The molecule has 3 unspecified atom stereocenters. The van der Waals surface area contributed by atoms with Crippen LogP contribution in [0.4, 0.5) is 0 Å². The lowest BCUT2D eigenvalue weighted by atomic mass is 9.97. The number of piperidine rings is 1. The second-order valence-electron chi connectivity index (χ2n) is 5.64. The van der Waals surface area contributed by atoms with Crippen molar-refractivity contribution in [2.24, 2.45) is 0 Å². The van der Waals surface area contributed by atoms with E-state index in [9.17, 15) is 4.79 Å². The zero-order valence-electron chi connectivity index (χ0n) is 10.9. The summed E-state index contributed by atoms with van der Waals surface area (Å²) >= 11 is 0. The number of hydrogen-bond donors (Lipinski definition) is 2. The van der Waals surface area contributed by atoms with Gasteiger partial charge in [0.25, 0.3) is 0 Å². The van der Waals surface area contributed by atoms with E-state index in [1.807, 2.05) is 0 Å². The van der Waals surface area contributed by atoms with Gasteiger partial charge < -0.3 is 20.3 Å². The molecule has 3 heterocycles. The molecule has 102 valence electrons. The number of fused-ring (bicyclic) bond motifs is 1. The van der Waals surface area contributed by atoms with Crippen LogP contribution in [-0.2, 0) is 9.53 Å². The highest BCUT2D eigenvalue weighted by molar-refractivity contribution is 5.82. The smallest absolute Gasteiger partial charge is 0.239 e. The maximum atomic E-state index is 12.1. The van der Waals surface area contributed by atoms with E-state index in [-0.39, 0.29) is 11.9 Å². The molecule has 3 atom stereocenters. The molecule has 0 bridgehead atoms. The molecule has 5 heteroatoms. The Morgan fingerprint density at radius 2 is 2.28 bits per heavy atom. The number of amides is 1. The molecule has 3 saturated heterocycles. The second-order valence-corrected chi connectivity index (χ2v) is 5.64. The molecule has 3 aliphatic heterocycles. The highest BCUT2D eigenvalue weighted by atomic mass is 16.5. The van der Waals surface area contributed by atoms with E-state index in [4.69, 9.17) is 4.74 Å². The Morgan fingerprint density at radius 1 is 1.33 bits per heavy atom. The van der Waals surface area contributed by atoms with Gasteiger partial charge in [0, 0.05) is 25.2 Å². The molecule has 0 aromatic carbocycles.